The number of anilines is 2. The quantitative estimate of drug-likeness (QED) is 0.148. The monoisotopic (exact) mass is 594 g/mol. The van der Waals surface area contributed by atoms with Crippen LogP contribution in [0.4, 0.5) is 11.4 Å². The van der Waals surface area contributed by atoms with Crippen LogP contribution in [-0.4, -0.2) is 0 Å². The Morgan fingerprint density at radius 1 is 0.348 bits per heavy atom. The first-order chi connectivity index (χ1) is 22.6. The highest BCUT2D eigenvalue weighted by Gasteiger charge is 2.16. The SMILES string of the molecule is Nc1cccc(Oc2cccc(-c3ccc4c(ccc5c6ccccc6ccc45)c3-c3cccc(Oc4cccc(N)c4)c3)c2)c1. The number of rotatable bonds is 6. The van der Waals surface area contributed by atoms with Crippen LogP contribution in [0.25, 0.3) is 54.6 Å². The van der Waals surface area contributed by atoms with Gasteiger partial charge in [-0.25, -0.2) is 0 Å². The molecule has 0 aliphatic rings. The molecule has 4 nitrogen and oxygen atoms in total. The lowest BCUT2D eigenvalue weighted by atomic mass is 9.87. The summed E-state index contributed by atoms with van der Waals surface area (Å²) in [6, 6.07) is 53.4. The van der Waals surface area contributed by atoms with Crippen LogP contribution in [0.5, 0.6) is 23.0 Å². The highest BCUT2D eigenvalue weighted by molar-refractivity contribution is 6.20. The minimum Gasteiger partial charge on any atom is -0.457 e. The van der Waals surface area contributed by atoms with Gasteiger partial charge in [-0.2, -0.15) is 0 Å². The maximum Gasteiger partial charge on any atom is 0.129 e. The lowest BCUT2D eigenvalue weighted by Gasteiger charge is -2.18. The molecule has 0 unspecified atom stereocenters. The molecule has 0 heterocycles. The average molecular weight is 595 g/mol. The number of benzene rings is 8. The average Bonchev–Trinajstić information content (AvgIpc) is 3.07. The fraction of sp³-hybridized carbons (Fsp3) is 0. The summed E-state index contributed by atoms with van der Waals surface area (Å²) in [5.41, 5.74) is 17.7. The van der Waals surface area contributed by atoms with E-state index in [1.54, 1.807) is 0 Å². The Kier molecular flexibility index (Phi) is 6.73. The zero-order chi connectivity index (χ0) is 31.0. The molecule has 0 aliphatic carbocycles. The molecule has 46 heavy (non-hydrogen) atoms. The maximum atomic E-state index is 6.28. The zero-order valence-corrected chi connectivity index (χ0v) is 25.0. The highest BCUT2D eigenvalue weighted by Crippen LogP contribution is 2.43. The molecule has 0 saturated carbocycles. The van der Waals surface area contributed by atoms with Crippen LogP contribution in [-0.2, 0) is 0 Å². The third-order valence-corrected chi connectivity index (χ3v) is 8.38. The van der Waals surface area contributed by atoms with Crippen molar-refractivity contribution in [1.82, 2.24) is 0 Å². The summed E-state index contributed by atoms with van der Waals surface area (Å²) in [6.07, 6.45) is 0. The van der Waals surface area contributed by atoms with E-state index in [9.17, 15) is 0 Å². The normalized spacial score (nSPS) is 11.2. The van der Waals surface area contributed by atoms with Gasteiger partial charge in [0.25, 0.3) is 0 Å². The Balaban J connectivity index is 1.32. The van der Waals surface area contributed by atoms with Crippen molar-refractivity contribution in [3.05, 3.63) is 158 Å². The Hall–Kier alpha value is -6.26. The molecule has 0 aliphatic heterocycles. The minimum absolute atomic E-state index is 0.657. The fourth-order valence-electron chi connectivity index (χ4n) is 6.33. The number of ether oxygens (including phenoxy) is 2. The van der Waals surface area contributed by atoms with Crippen molar-refractivity contribution in [3.8, 4) is 45.3 Å². The molecule has 8 rings (SSSR count). The highest BCUT2D eigenvalue weighted by atomic mass is 16.5. The summed E-state index contributed by atoms with van der Waals surface area (Å²) >= 11 is 0. The van der Waals surface area contributed by atoms with Gasteiger partial charge >= 0.3 is 0 Å². The van der Waals surface area contributed by atoms with E-state index in [4.69, 9.17) is 20.9 Å². The van der Waals surface area contributed by atoms with Crippen molar-refractivity contribution in [1.29, 1.82) is 0 Å². The van der Waals surface area contributed by atoms with Gasteiger partial charge in [0.2, 0.25) is 0 Å². The van der Waals surface area contributed by atoms with Crippen molar-refractivity contribution < 1.29 is 9.47 Å². The first kappa shape index (κ1) is 27.3. The first-order valence-electron chi connectivity index (χ1n) is 15.2. The molecule has 220 valence electrons. The van der Waals surface area contributed by atoms with E-state index >= 15 is 0 Å². The van der Waals surface area contributed by atoms with E-state index in [2.05, 4.69) is 84.9 Å². The van der Waals surface area contributed by atoms with Crippen molar-refractivity contribution in [2.24, 2.45) is 0 Å². The number of hydrogen-bond donors (Lipinski definition) is 2. The van der Waals surface area contributed by atoms with Crippen LogP contribution < -0.4 is 20.9 Å². The van der Waals surface area contributed by atoms with Crippen LogP contribution in [0.1, 0.15) is 0 Å². The lowest BCUT2D eigenvalue weighted by Crippen LogP contribution is -1.92. The van der Waals surface area contributed by atoms with Gasteiger partial charge in [0.15, 0.2) is 0 Å². The molecule has 0 atom stereocenters. The zero-order valence-electron chi connectivity index (χ0n) is 25.0. The number of nitrogen functional groups attached to an aromatic ring is 2. The van der Waals surface area contributed by atoms with Gasteiger partial charge in [-0.3, -0.25) is 0 Å². The molecular formula is C42H30N2O2. The lowest BCUT2D eigenvalue weighted by molar-refractivity contribution is 0.483. The van der Waals surface area contributed by atoms with Crippen molar-refractivity contribution in [2.75, 3.05) is 11.5 Å². The third-order valence-electron chi connectivity index (χ3n) is 8.38. The second kappa shape index (κ2) is 11.3. The second-order valence-corrected chi connectivity index (χ2v) is 11.4. The van der Waals surface area contributed by atoms with Crippen LogP contribution in [0.15, 0.2) is 158 Å². The molecule has 0 aromatic heterocycles. The molecule has 0 saturated heterocycles. The van der Waals surface area contributed by atoms with Crippen molar-refractivity contribution in [2.45, 2.75) is 0 Å². The summed E-state index contributed by atoms with van der Waals surface area (Å²) in [7, 11) is 0. The Bertz CT molecular complexity index is 2410. The number of hydrogen-bond acceptors (Lipinski definition) is 4. The Morgan fingerprint density at radius 3 is 1.54 bits per heavy atom. The van der Waals surface area contributed by atoms with Crippen molar-refractivity contribution in [3.63, 3.8) is 0 Å². The van der Waals surface area contributed by atoms with Gasteiger partial charge in [0, 0.05) is 23.5 Å². The number of fused-ring (bicyclic) bond motifs is 5. The smallest absolute Gasteiger partial charge is 0.129 e. The van der Waals surface area contributed by atoms with Gasteiger partial charge in [0.1, 0.15) is 23.0 Å². The summed E-state index contributed by atoms with van der Waals surface area (Å²) in [5, 5.41) is 7.28. The molecule has 0 fully saturated rings. The second-order valence-electron chi connectivity index (χ2n) is 11.4. The van der Waals surface area contributed by atoms with Crippen LogP contribution in [0.3, 0.4) is 0 Å². The molecule has 0 bridgehead atoms. The predicted molar refractivity (Wildman–Crippen MR) is 192 cm³/mol. The summed E-state index contributed by atoms with van der Waals surface area (Å²) in [6.45, 7) is 0. The summed E-state index contributed by atoms with van der Waals surface area (Å²) < 4.78 is 12.5. The molecule has 4 N–H and O–H groups in total. The number of nitrogens with two attached hydrogens (primary N) is 2. The van der Waals surface area contributed by atoms with Crippen LogP contribution in [0, 0.1) is 0 Å². The van der Waals surface area contributed by atoms with Crippen LogP contribution >= 0.6 is 0 Å². The minimum atomic E-state index is 0.657. The van der Waals surface area contributed by atoms with E-state index in [0.717, 1.165) is 39.1 Å². The van der Waals surface area contributed by atoms with Gasteiger partial charge in [-0.1, -0.05) is 97.1 Å². The first-order valence-corrected chi connectivity index (χ1v) is 15.2. The molecule has 0 radical (unpaired) electrons. The standard InChI is InChI=1S/C42H30N2O2/c43-30-10-5-14-34(25-30)45-32-12-3-8-28(23-32)37-19-20-40-39-18-17-27-7-1-2-16-36(27)38(39)21-22-41(40)42(37)29-9-4-13-33(24-29)46-35-15-6-11-31(44)26-35/h1-26H,43-44H2. The Labute approximate surface area is 267 Å². The Morgan fingerprint density at radius 2 is 0.848 bits per heavy atom. The third kappa shape index (κ3) is 5.12. The van der Waals surface area contributed by atoms with Gasteiger partial charge in [-0.15, -0.1) is 0 Å². The summed E-state index contributed by atoms with van der Waals surface area (Å²) in [4.78, 5) is 0. The topological polar surface area (TPSA) is 70.5 Å². The predicted octanol–water partition coefficient (Wildman–Crippen LogP) is 11.2. The van der Waals surface area contributed by atoms with E-state index in [-0.39, 0.29) is 0 Å². The van der Waals surface area contributed by atoms with Gasteiger partial charge < -0.3 is 20.9 Å². The van der Waals surface area contributed by atoms with Gasteiger partial charge in [-0.05, 0) is 103 Å². The summed E-state index contributed by atoms with van der Waals surface area (Å²) in [5.74, 6) is 2.86. The van der Waals surface area contributed by atoms with Crippen LogP contribution in [0.2, 0.25) is 0 Å². The van der Waals surface area contributed by atoms with Gasteiger partial charge in [0.05, 0.1) is 0 Å². The molecule has 4 heteroatoms. The van der Waals surface area contributed by atoms with E-state index in [0.29, 0.717) is 22.9 Å². The molecule has 0 spiro atoms. The van der Waals surface area contributed by atoms with Crippen molar-refractivity contribution >= 4 is 43.7 Å². The maximum absolute atomic E-state index is 6.28. The molecule has 8 aromatic carbocycles. The molecule has 0 amide bonds. The molecule has 8 aromatic rings. The van der Waals surface area contributed by atoms with E-state index in [1.807, 2.05) is 72.8 Å². The largest absolute Gasteiger partial charge is 0.457 e. The van der Waals surface area contributed by atoms with E-state index < -0.39 is 0 Å². The van der Waals surface area contributed by atoms with E-state index in [1.165, 1.54) is 26.9 Å². The fourth-order valence-corrected chi connectivity index (χ4v) is 6.33. The molecular weight excluding hydrogens is 564 g/mol.